The van der Waals surface area contributed by atoms with Crippen molar-refractivity contribution in [2.75, 3.05) is 0 Å². The molecule has 0 aliphatic heterocycles. The van der Waals surface area contributed by atoms with E-state index >= 15 is 0 Å². The van der Waals surface area contributed by atoms with Crippen LogP contribution < -0.4 is 5.32 Å². The Hall–Kier alpha value is -0.410. The first-order chi connectivity index (χ1) is 7.24. The van der Waals surface area contributed by atoms with Gasteiger partial charge in [-0.3, -0.25) is 0 Å². The molecule has 1 aromatic heterocycles. The lowest BCUT2D eigenvalue weighted by Crippen LogP contribution is -2.26. The summed E-state index contributed by atoms with van der Waals surface area (Å²) in [4.78, 5) is 4.39. The number of halogens is 1. The maximum atomic E-state index is 4.39. The zero-order valence-electron chi connectivity index (χ0n) is 9.04. The molecule has 1 atom stereocenters. The van der Waals surface area contributed by atoms with E-state index in [0.717, 1.165) is 22.8 Å². The van der Waals surface area contributed by atoms with E-state index in [9.17, 15) is 0 Å². The standard InChI is InChI=1S/C12H17BrN2/c1-9(7-10-5-6-10)14-8-11-3-2-4-12(13)15-11/h2-4,9-10,14H,5-8H2,1H3. The fraction of sp³-hybridized carbons (Fsp3) is 0.583. The minimum Gasteiger partial charge on any atom is -0.309 e. The molecule has 1 aromatic rings. The summed E-state index contributed by atoms with van der Waals surface area (Å²) in [7, 11) is 0. The minimum atomic E-state index is 0.610. The lowest BCUT2D eigenvalue weighted by Gasteiger charge is -2.12. The molecule has 1 aliphatic carbocycles. The molecular formula is C12H17BrN2. The summed E-state index contributed by atoms with van der Waals surface area (Å²) < 4.78 is 0.914. The molecule has 0 bridgehead atoms. The molecule has 15 heavy (non-hydrogen) atoms. The molecule has 0 amide bonds. The summed E-state index contributed by atoms with van der Waals surface area (Å²) in [6.07, 6.45) is 4.18. The van der Waals surface area contributed by atoms with Gasteiger partial charge < -0.3 is 5.32 Å². The Bertz CT molecular complexity index is 323. The van der Waals surface area contributed by atoms with E-state index in [2.05, 4.69) is 39.2 Å². The highest BCUT2D eigenvalue weighted by Crippen LogP contribution is 2.33. The first kappa shape index (κ1) is 11.1. The van der Waals surface area contributed by atoms with Gasteiger partial charge >= 0.3 is 0 Å². The first-order valence-electron chi connectivity index (χ1n) is 5.59. The van der Waals surface area contributed by atoms with Gasteiger partial charge in [-0.05, 0) is 47.3 Å². The van der Waals surface area contributed by atoms with Gasteiger partial charge in [0.1, 0.15) is 4.60 Å². The molecule has 1 unspecified atom stereocenters. The molecule has 2 nitrogen and oxygen atoms in total. The third kappa shape index (κ3) is 3.92. The summed E-state index contributed by atoms with van der Waals surface area (Å²) in [5, 5.41) is 3.51. The smallest absolute Gasteiger partial charge is 0.106 e. The molecule has 82 valence electrons. The van der Waals surface area contributed by atoms with Crippen LogP contribution in [-0.4, -0.2) is 11.0 Å². The van der Waals surface area contributed by atoms with Gasteiger partial charge in [0.25, 0.3) is 0 Å². The van der Waals surface area contributed by atoms with Gasteiger partial charge in [-0.15, -0.1) is 0 Å². The Kier molecular flexibility index (Phi) is 3.76. The Morgan fingerprint density at radius 2 is 2.33 bits per heavy atom. The zero-order chi connectivity index (χ0) is 10.7. The second-order valence-electron chi connectivity index (χ2n) is 4.41. The Morgan fingerprint density at radius 3 is 3.00 bits per heavy atom. The number of aromatic nitrogens is 1. The Labute approximate surface area is 99.6 Å². The molecule has 0 spiro atoms. The van der Waals surface area contributed by atoms with E-state index < -0.39 is 0 Å². The van der Waals surface area contributed by atoms with Crippen molar-refractivity contribution in [3.8, 4) is 0 Å². The number of pyridine rings is 1. The third-order valence-electron chi connectivity index (χ3n) is 2.79. The molecular weight excluding hydrogens is 252 g/mol. The highest BCUT2D eigenvalue weighted by atomic mass is 79.9. The fourth-order valence-electron chi connectivity index (χ4n) is 1.76. The van der Waals surface area contributed by atoms with Gasteiger partial charge in [-0.2, -0.15) is 0 Å². The topological polar surface area (TPSA) is 24.9 Å². The second-order valence-corrected chi connectivity index (χ2v) is 5.23. The van der Waals surface area contributed by atoms with Crippen LogP contribution in [0.1, 0.15) is 31.9 Å². The Balaban J connectivity index is 1.76. The lowest BCUT2D eigenvalue weighted by molar-refractivity contribution is 0.484. The van der Waals surface area contributed by atoms with Gasteiger partial charge in [-0.1, -0.05) is 18.9 Å². The van der Waals surface area contributed by atoms with E-state index in [1.54, 1.807) is 0 Å². The number of hydrogen-bond acceptors (Lipinski definition) is 2. The highest BCUT2D eigenvalue weighted by molar-refractivity contribution is 9.10. The SMILES string of the molecule is CC(CC1CC1)NCc1cccc(Br)n1. The van der Waals surface area contributed by atoms with Crippen LogP contribution in [0.15, 0.2) is 22.8 Å². The van der Waals surface area contributed by atoms with E-state index in [4.69, 9.17) is 0 Å². The van der Waals surface area contributed by atoms with Crippen molar-refractivity contribution < 1.29 is 0 Å². The van der Waals surface area contributed by atoms with Crippen molar-refractivity contribution in [3.05, 3.63) is 28.5 Å². The van der Waals surface area contributed by atoms with Crippen molar-refractivity contribution in [2.24, 2.45) is 5.92 Å². The molecule has 2 rings (SSSR count). The highest BCUT2D eigenvalue weighted by Gasteiger charge is 2.23. The number of nitrogens with zero attached hydrogens (tertiary/aromatic N) is 1. The average molecular weight is 269 g/mol. The average Bonchev–Trinajstić information content (AvgIpc) is 2.99. The van der Waals surface area contributed by atoms with Gasteiger partial charge in [0.2, 0.25) is 0 Å². The molecule has 1 aliphatic rings. The molecule has 1 saturated carbocycles. The molecule has 0 radical (unpaired) electrons. The summed E-state index contributed by atoms with van der Waals surface area (Å²) in [6.45, 7) is 3.13. The summed E-state index contributed by atoms with van der Waals surface area (Å²) >= 11 is 3.38. The largest absolute Gasteiger partial charge is 0.309 e. The van der Waals surface area contributed by atoms with Crippen molar-refractivity contribution in [1.82, 2.24) is 10.3 Å². The maximum absolute atomic E-state index is 4.39. The van der Waals surface area contributed by atoms with Gasteiger partial charge in [-0.25, -0.2) is 4.98 Å². The van der Waals surface area contributed by atoms with E-state index in [0.29, 0.717) is 6.04 Å². The maximum Gasteiger partial charge on any atom is 0.106 e. The second kappa shape index (κ2) is 5.08. The van der Waals surface area contributed by atoms with E-state index in [1.807, 2.05) is 12.1 Å². The van der Waals surface area contributed by atoms with Gasteiger partial charge in [0.05, 0.1) is 5.69 Å². The molecule has 1 N–H and O–H groups in total. The first-order valence-corrected chi connectivity index (χ1v) is 6.38. The molecule has 0 saturated heterocycles. The number of nitrogens with one attached hydrogen (secondary N) is 1. The molecule has 0 aromatic carbocycles. The summed E-state index contributed by atoms with van der Waals surface area (Å²) in [5.41, 5.74) is 1.10. The monoisotopic (exact) mass is 268 g/mol. The van der Waals surface area contributed by atoms with Gasteiger partial charge in [0, 0.05) is 12.6 Å². The molecule has 3 heteroatoms. The van der Waals surface area contributed by atoms with Gasteiger partial charge in [0.15, 0.2) is 0 Å². The number of hydrogen-bond donors (Lipinski definition) is 1. The number of rotatable bonds is 5. The van der Waals surface area contributed by atoms with Crippen molar-refractivity contribution >= 4 is 15.9 Å². The van der Waals surface area contributed by atoms with Crippen LogP contribution in [0, 0.1) is 5.92 Å². The molecule has 1 heterocycles. The quantitative estimate of drug-likeness (QED) is 0.831. The minimum absolute atomic E-state index is 0.610. The van der Waals surface area contributed by atoms with Crippen LogP contribution >= 0.6 is 15.9 Å². The van der Waals surface area contributed by atoms with Crippen molar-refractivity contribution in [1.29, 1.82) is 0 Å². The summed E-state index contributed by atoms with van der Waals surface area (Å²) in [5.74, 6) is 0.989. The van der Waals surface area contributed by atoms with E-state index in [1.165, 1.54) is 19.3 Å². The van der Waals surface area contributed by atoms with Crippen molar-refractivity contribution in [3.63, 3.8) is 0 Å². The van der Waals surface area contributed by atoms with Crippen LogP contribution in [0.5, 0.6) is 0 Å². The van der Waals surface area contributed by atoms with Crippen LogP contribution in [0.2, 0.25) is 0 Å². The summed E-state index contributed by atoms with van der Waals surface area (Å²) in [6, 6.07) is 6.65. The normalized spacial score (nSPS) is 17.7. The predicted molar refractivity (Wildman–Crippen MR) is 65.6 cm³/mol. The van der Waals surface area contributed by atoms with E-state index in [-0.39, 0.29) is 0 Å². The fourth-order valence-corrected chi connectivity index (χ4v) is 2.14. The zero-order valence-corrected chi connectivity index (χ0v) is 10.6. The van der Waals surface area contributed by atoms with Crippen LogP contribution in [-0.2, 0) is 6.54 Å². The van der Waals surface area contributed by atoms with Crippen LogP contribution in [0.4, 0.5) is 0 Å². The third-order valence-corrected chi connectivity index (χ3v) is 3.23. The van der Waals surface area contributed by atoms with Crippen molar-refractivity contribution in [2.45, 2.75) is 38.8 Å². The predicted octanol–water partition coefficient (Wildman–Crippen LogP) is 3.12. The van der Waals surface area contributed by atoms with Crippen LogP contribution in [0.3, 0.4) is 0 Å². The molecule has 1 fully saturated rings. The Morgan fingerprint density at radius 1 is 1.53 bits per heavy atom. The lowest BCUT2D eigenvalue weighted by atomic mass is 10.1. The van der Waals surface area contributed by atoms with Crippen LogP contribution in [0.25, 0.3) is 0 Å².